The number of anilines is 1. The van der Waals surface area contributed by atoms with Gasteiger partial charge in [0.25, 0.3) is 0 Å². The summed E-state index contributed by atoms with van der Waals surface area (Å²) in [6, 6.07) is 3.09. The lowest BCUT2D eigenvalue weighted by Crippen LogP contribution is -2.39. The van der Waals surface area contributed by atoms with E-state index in [1.165, 1.54) is 0 Å². The van der Waals surface area contributed by atoms with Crippen LogP contribution in [0.4, 0.5) is 27.8 Å². The Morgan fingerprint density at radius 3 is 2.47 bits per heavy atom. The highest BCUT2D eigenvalue weighted by Gasteiger charge is 2.43. The van der Waals surface area contributed by atoms with E-state index in [1.54, 1.807) is 0 Å². The summed E-state index contributed by atoms with van der Waals surface area (Å²) in [6.07, 6.45) is -3.22. The molecule has 6 nitrogen and oxygen atoms in total. The summed E-state index contributed by atoms with van der Waals surface area (Å²) >= 11 is 0. The van der Waals surface area contributed by atoms with Gasteiger partial charge in [-0.15, -0.1) is 10.2 Å². The first kappa shape index (κ1) is 23.4. The summed E-state index contributed by atoms with van der Waals surface area (Å²) in [7, 11) is 0. The van der Waals surface area contributed by atoms with Crippen molar-refractivity contribution in [3.8, 4) is 11.3 Å². The maximum absolute atomic E-state index is 14.1. The monoisotopic (exact) mass is 484 g/mol. The van der Waals surface area contributed by atoms with Gasteiger partial charge in [0.2, 0.25) is 0 Å². The Hall–Kier alpha value is -2.37. The van der Waals surface area contributed by atoms with E-state index in [9.17, 15) is 22.0 Å². The zero-order valence-corrected chi connectivity index (χ0v) is 18.3. The first-order valence-corrected chi connectivity index (χ1v) is 11.3. The number of nitrogens with zero attached hydrogens (tertiary/aromatic N) is 3. The molecule has 0 spiro atoms. The van der Waals surface area contributed by atoms with Gasteiger partial charge in [-0.25, -0.2) is 8.78 Å². The molecule has 0 radical (unpaired) electrons. The maximum atomic E-state index is 14.1. The molecule has 1 aliphatic carbocycles. The van der Waals surface area contributed by atoms with Crippen molar-refractivity contribution in [2.24, 2.45) is 11.8 Å². The minimum Gasteiger partial charge on any atom is -0.376 e. The highest BCUT2D eigenvalue weighted by atomic mass is 19.4. The molecule has 1 unspecified atom stereocenters. The van der Waals surface area contributed by atoms with Gasteiger partial charge in [0.15, 0.2) is 5.82 Å². The second kappa shape index (κ2) is 9.35. The van der Waals surface area contributed by atoms with E-state index in [-0.39, 0.29) is 29.2 Å². The largest absolute Gasteiger partial charge is 0.420 e. The van der Waals surface area contributed by atoms with Crippen molar-refractivity contribution >= 4 is 5.82 Å². The Bertz CT molecular complexity index is 1020. The summed E-state index contributed by atoms with van der Waals surface area (Å²) in [5.41, 5.74) is -1.79. The van der Waals surface area contributed by atoms with Crippen LogP contribution in [0, 0.1) is 23.5 Å². The number of likely N-dealkylation sites (tertiary alicyclic amines) is 1. The molecular formula is C23H25F5N4O2. The predicted molar refractivity (Wildman–Crippen MR) is 113 cm³/mol. The van der Waals surface area contributed by atoms with Crippen molar-refractivity contribution in [1.82, 2.24) is 15.1 Å². The predicted octanol–water partition coefficient (Wildman–Crippen LogP) is 3.98. The molecule has 5 rings (SSSR count). The van der Waals surface area contributed by atoms with E-state index in [0.717, 1.165) is 56.7 Å². The number of hydrogen-bond donors (Lipinski definition) is 1. The third kappa shape index (κ3) is 5.01. The molecule has 4 atom stereocenters. The molecule has 1 aromatic heterocycles. The number of alkyl halides is 3. The fourth-order valence-electron chi connectivity index (χ4n) is 5.33. The van der Waals surface area contributed by atoms with Crippen LogP contribution in [0.3, 0.4) is 0 Å². The average Bonchev–Trinajstić information content (AvgIpc) is 3.33. The molecule has 34 heavy (non-hydrogen) atoms. The molecule has 2 saturated heterocycles. The van der Waals surface area contributed by atoms with Crippen molar-refractivity contribution in [3.05, 3.63) is 41.5 Å². The molecule has 2 aromatic rings. The summed E-state index contributed by atoms with van der Waals surface area (Å²) in [6.45, 7) is 4.36. The van der Waals surface area contributed by atoms with Crippen molar-refractivity contribution in [3.63, 3.8) is 0 Å². The van der Waals surface area contributed by atoms with Crippen molar-refractivity contribution in [1.29, 1.82) is 0 Å². The summed E-state index contributed by atoms with van der Waals surface area (Å²) in [5.74, 6) is -1.27. The van der Waals surface area contributed by atoms with Crippen LogP contribution in [0.15, 0.2) is 24.3 Å². The highest BCUT2D eigenvalue weighted by Crippen LogP contribution is 2.41. The molecule has 11 heteroatoms. The molecule has 3 fully saturated rings. The van der Waals surface area contributed by atoms with Gasteiger partial charge in [0, 0.05) is 31.2 Å². The van der Waals surface area contributed by atoms with E-state index in [2.05, 4.69) is 20.4 Å². The number of aromatic nitrogens is 2. The molecule has 3 aliphatic rings. The van der Waals surface area contributed by atoms with E-state index >= 15 is 0 Å². The molecule has 0 amide bonds. The molecule has 0 bridgehead atoms. The number of benzene rings is 1. The smallest absolute Gasteiger partial charge is 0.376 e. The van der Waals surface area contributed by atoms with Crippen LogP contribution < -0.4 is 5.32 Å². The minimum atomic E-state index is -4.73. The van der Waals surface area contributed by atoms with Crippen LogP contribution in [0.2, 0.25) is 0 Å². The third-order valence-electron chi connectivity index (χ3n) is 6.82. The second-order valence-corrected chi connectivity index (χ2v) is 9.23. The average molecular weight is 484 g/mol. The quantitative estimate of drug-likeness (QED) is 0.648. The molecule has 184 valence electrons. The number of hydrogen-bond acceptors (Lipinski definition) is 6. The van der Waals surface area contributed by atoms with Crippen molar-refractivity contribution in [2.75, 3.05) is 44.8 Å². The van der Waals surface area contributed by atoms with E-state index in [0.29, 0.717) is 31.7 Å². The second-order valence-electron chi connectivity index (χ2n) is 9.23. The highest BCUT2D eigenvalue weighted by molar-refractivity contribution is 5.63. The molecule has 3 heterocycles. The maximum Gasteiger partial charge on any atom is 0.420 e. The zero-order valence-electron chi connectivity index (χ0n) is 18.3. The number of fused-ring (bicyclic) bond motifs is 1. The van der Waals surface area contributed by atoms with Gasteiger partial charge < -0.3 is 19.7 Å². The van der Waals surface area contributed by atoms with Crippen LogP contribution in [-0.2, 0) is 15.7 Å². The lowest BCUT2D eigenvalue weighted by atomic mass is 10.0. The SMILES string of the molecule is Fc1ccc(F)c(-c2cc(C(F)(F)F)c(NC3C[C@@H]4CN(C[C@H]5COCCO5)C[C@@H]4C3)nn2)c1. The van der Waals surface area contributed by atoms with Crippen LogP contribution >= 0.6 is 0 Å². The third-order valence-corrected chi connectivity index (χ3v) is 6.82. The number of halogens is 5. The number of rotatable bonds is 5. The number of nitrogens with one attached hydrogen (secondary N) is 1. The lowest BCUT2D eigenvalue weighted by molar-refractivity contribution is -0.137. The first-order chi connectivity index (χ1) is 16.3. The van der Waals surface area contributed by atoms with Crippen LogP contribution in [0.1, 0.15) is 18.4 Å². The Balaban J connectivity index is 1.26. The topological polar surface area (TPSA) is 59.5 Å². The van der Waals surface area contributed by atoms with Gasteiger partial charge in [-0.05, 0) is 48.9 Å². The molecule has 1 N–H and O–H groups in total. The minimum absolute atomic E-state index is 0.0626. The van der Waals surface area contributed by atoms with Gasteiger partial charge in [-0.2, -0.15) is 13.2 Å². The van der Waals surface area contributed by atoms with Crippen LogP contribution in [0.25, 0.3) is 11.3 Å². The van der Waals surface area contributed by atoms with Gasteiger partial charge in [-0.1, -0.05) is 0 Å². The summed E-state index contributed by atoms with van der Waals surface area (Å²) in [4.78, 5) is 2.34. The zero-order chi connectivity index (χ0) is 23.9. The standard InChI is InChI=1S/C23H25F5N4O2/c24-15-1-2-20(25)18(7-15)21-8-19(23(26,27)28)22(31-30-21)29-16-5-13-9-32(10-14(13)6-16)11-17-12-33-3-4-34-17/h1-2,7-8,13-14,16-17H,3-6,9-12H2,(H,29,31)/t13-,14+,16?,17-/m0/s1. The van der Waals surface area contributed by atoms with E-state index < -0.39 is 23.4 Å². The lowest BCUT2D eigenvalue weighted by Gasteiger charge is -2.28. The van der Waals surface area contributed by atoms with Gasteiger partial charge in [0.05, 0.1) is 31.6 Å². The van der Waals surface area contributed by atoms with Gasteiger partial charge in [-0.3, -0.25) is 0 Å². The summed E-state index contributed by atoms with van der Waals surface area (Å²) < 4.78 is 80.2. The molecule has 1 aromatic carbocycles. The first-order valence-electron chi connectivity index (χ1n) is 11.3. The Morgan fingerprint density at radius 1 is 1.03 bits per heavy atom. The van der Waals surface area contributed by atoms with Crippen LogP contribution in [-0.4, -0.2) is 66.7 Å². The fourth-order valence-corrected chi connectivity index (χ4v) is 5.33. The van der Waals surface area contributed by atoms with Crippen molar-refractivity contribution < 1.29 is 31.4 Å². The van der Waals surface area contributed by atoms with Crippen molar-refractivity contribution in [2.45, 2.75) is 31.2 Å². The van der Waals surface area contributed by atoms with Crippen LogP contribution in [0.5, 0.6) is 0 Å². The summed E-state index contributed by atoms with van der Waals surface area (Å²) in [5, 5.41) is 10.4. The molecule has 2 aliphatic heterocycles. The van der Waals surface area contributed by atoms with E-state index in [1.807, 2.05) is 0 Å². The Morgan fingerprint density at radius 2 is 1.79 bits per heavy atom. The molecule has 1 saturated carbocycles. The van der Waals surface area contributed by atoms with Gasteiger partial charge >= 0.3 is 6.18 Å². The fraction of sp³-hybridized carbons (Fsp3) is 0.565. The molecular weight excluding hydrogens is 459 g/mol. The van der Waals surface area contributed by atoms with Gasteiger partial charge in [0.1, 0.15) is 17.2 Å². The Kier molecular flexibility index (Phi) is 6.43. The number of ether oxygens (including phenoxy) is 2. The van der Waals surface area contributed by atoms with E-state index in [4.69, 9.17) is 9.47 Å². The Labute approximate surface area is 193 Å². The normalized spacial score (nSPS) is 27.7.